The Bertz CT molecular complexity index is 1100. The highest BCUT2D eigenvalue weighted by Crippen LogP contribution is 2.18. The van der Waals surface area contributed by atoms with Crippen molar-refractivity contribution < 1.29 is 14.0 Å². The third-order valence-corrected chi connectivity index (χ3v) is 6.01. The molecule has 1 aliphatic heterocycles. The molecule has 0 spiro atoms. The van der Waals surface area contributed by atoms with Crippen LogP contribution in [0.1, 0.15) is 28.2 Å². The molecule has 2 heterocycles. The van der Waals surface area contributed by atoms with E-state index in [4.69, 9.17) is 0 Å². The average Bonchev–Trinajstić information content (AvgIpc) is 2.99. The first-order valence-electron chi connectivity index (χ1n) is 11.2. The maximum atomic E-state index is 13.1. The maximum absolute atomic E-state index is 13.1. The summed E-state index contributed by atoms with van der Waals surface area (Å²) in [6.45, 7) is 6.97. The number of carbonyl (C=O) groups excluding carboxylic acids is 2. The number of hydrogen-bond acceptors (Lipinski definition) is 3. The average molecular weight is 449 g/mol. The van der Waals surface area contributed by atoms with Gasteiger partial charge in [-0.05, 0) is 80.9 Å². The second-order valence-corrected chi connectivity index (χ2v) is 8.48. The van der Waals surface area contributed by atoms with E-state index in [-0.39, 0.29) is 24.2 Å². The highest BCUT2D eigenvalue weighted by Gasteiger charge is 2.21. The summed E-state index contributed by atoms with van der Waals surface area (Å²) in [5, 5.41) is 2.79. The number of nitrogens with one attached hydrogen (secondary N) is 1. The van der Waals surface area contributed by atoms with Crippen LogP contribution in [0.3, 0.4) is 0 Å². The highest BCUT2D eigenvalue weighted by molar-refractivity contribution is 5.94. The number of halogens is 1. The highest BCUT2D eigenvalue weighted by atomic mass is 19.1. The van der Waals surface area contributed by atoms with Gasteiger partial charge in [0.2, 0.25) is 5.91 Å². The second-order valence-electron chi connectivity index (χ2n) is 8.48. The first-order valence-corrected chi connectivity index (χ1v) is 11.2. The number of amides is 2. The van der Waals surface area contributed by atoms with Gasteiger partial charge in [0, 0.05) is 54.5 Å². The molecule has 6 nitrogen and oxygen atoms in total. The Morgan fingerprint density at radius 1 is 0.848 bits per heavy atom. The Balaban J connectivity index is 1.33. The minimum Gasteiger partial charge on any atom is -0.337 e. The molecule has 2 aromatic carbocycles. The van der Waals surface area contributed by atoms with Crippen LogP contribution in [0.2, 0.25) is 0 Å². The molecule has 7 heteroatoms. The fourth-order valence-electron chi connectivity index (χ4n) is 4.28. The van der Waals surface area contributed by atoms with Crippen molar-refractivity contribution in [2.75, 3.05) is 38.0 Å². The van der Waals surface area contributed by atoms with Crippen molar-refractivity contribution in [1.82, 2.24) is 14.4 Å². The molecule has 1 aromatic heterocycles. The Morgan fingerprint density at radius 3 is 2.18 bits per heavy atom. The quantitative estimate of drug-likeness (QED) is 0.642. The molecule has 172 valence electrons. The van der Waals surface area contributed by atoms with Crippen molar-refractivity contribution in [1.29, 1.82) is 0 Å². The number of rotatable bonds is 5. The fraction of sp³-hybridized carbons (Fsp3) is 0.308. The lowest BCUT2D eigenvalue weighted by atomic mass is 10.1. The van der Waals surface area contributed by atoms with Gasteiger partial charge in [-0.1, -0.05) is 0 Å². The molecule has 1 N–H and O–H groups in total. The van der Waals surface area contributed by atoms with Gasteiger partial charge in [-0.2, -0.15) is 0 Å². The molecule has 0 radical (unpaired) electrons. The molecule has 33 heavy (non-hydrogen) atoms. The molecule has 0 aliphatic carbocycles. The number of aromatic nitrogens is 1. The molecule has 1 fully saturated rings. The van der Waals surface area contributed by atoms with Gasteiger partial charge in [-0.3, -0.25) is 14.5 Å². The maximum Gasteiger partial charge on any atom is 0.253 e. The van der Waals surface area contributed by atoms with Crippen molar-refractivity contribution in [3.05, 3.63) is 83.4 Å². The predicted octanol–water partition coefficient (Wildman–Crippen LogP) is 4.02. The van der Waals surface area contributed by atoms with E-state index >= 15 is 0 Å². The molecule has 0 unspecified atom stereocenters. The third-order valence-electron chi connectivity index (χ3n) is 6.01. The van der Waals surface area contributed by atoms with Crippen LogP contribution in [0.5, 0.6) is 0 Å². The van der Waals surface area contributed by atoms with E-state index < -0.39 is 0 Å². The second kappa shape index (κ2) is 10.0. The Labute approximate surface area is 193 Å². The number of anilines is 1. The number of benzene rings is 2. The van der Waals surface area contributed by atoms with Crippen LogP contribution in [-0.2, 0) is 4.79 Å². The van der Waals surface area contributed by atoms with Crippen molar-refractivity contribution in [3.63, 3.8) is 0 Å². The van der Waals surface area contributed by atoms with Gasteiger partial charge in [-0.25, -0.2) is 4.39 Å². The van der Waals surface area contributed by atoms with Crippen LogP contribution >= 0.6 is 0 Å². The molecule has 1 aliphatic rings. The largest absolute Gasteiger partial charge is 0.337 e. The van der Waals surface area contributed by atoms with E-state index in [9.17, 15) is 14.0 Å². The summed E-state index contributed by atoms with van der Waals surface area (Å²) in [6, 6.07) is 17.6. The van der Waals surface area contributed by atoms with Crippen LogP contribution in [0.4, 0.5) is 10.1 Å². The van der Waals surface area contributed by atoms with Crippen molar-refractivity contribution in [3.8, 4) is 5.69 Å². The van der Waals surface area contributed by atoms with Crippen molar-refractivity contribution in [2.24, 2.45) is 0 Å². The summed E-state index contributed by atoms with van der Waals surface area (Å²) in [5.74, 6) is -0.470. The smallest absolute Gasteiger partial charge is 0.253 e. The van der Waals surface area contributed by atoms with E-state index in [0.29, 0.717) is 30.9 Å². The lowest BCUT2D eigenvalue weighted by molar-refractivity contribution is -0.117. The van der Waals surface area contributed by atoms with Gasteiger partial charge < -0.3 is 14.8 Å². The van der Waals surface area contributed by atoms with Gasteiger partial charge >= 0.3 is 0 Å². The van der Waals surface area contributed by atoms with Crippen LogP contribution in [0, 0.1) is 19.7 Å². The van der Waals surface area contributed by atoms with Crippen LogP contribution in [0.25, 0.3) is 5.69 Å². The normalized spacial score (nSPS) is 14.7. The van der Waals surface area contributed by atoms with E-state index in [1.54, 1.807) is 12.1 Å². The summed E-state index contributed by atoms with van der Waals surface area (Å²) >= 11 is 0. The zero-order valence-electron chi connectivity index (χ0n) is 19.1. The molecule has 0 atom stereocenters. The van der Waals surface area contributed by atoms with E-state index in [0.717, 1.165) is 30.0 Å². The van der Waals surface area contributed by atoms with Crippen LogP contribution < -0.4 is 5.32 Å². The molecule has 2 amide bonds. The van der Waals surface area contributed by atoms with E-state index in [1.165, 1.54) is 12.1 Å². The molecule has 0 saturated carbocycles. The monoisotopic (exact) mass is 448 g/mol. The van der Waals surface area contributed by atoms with Crippen LogP contribution in [0.15, 0.2) is 60.7 Å². The molecular formula is C26H29FN4O2. The Hall–Kier alpha value is -3.45. The lowest BCUT2D eigenvalue weighted by Gasteiger charge is -2.22. The fourth-order valence-corrected chi connectivity index (χ4v) is 4.28. The lowest BCUT2D eigenvalue weighted by Crippen LogP contribution is -2.38. The summed E-state index contributed by atoms with van der Waals surface area (Å²) in [7, 11) is 0. The first kappa shape index (κ1) is 22.7. The van der Waals surface area contributed by atoms with Crippen molar-refractivity contribution >= 4 is 17.5 Å². The third kappa shape index (κ3) is 5.49. The number of hydrogen-bond donors (Lipinski definition) is 1. The van der Waals surface area contributed by atoms with E-state index in [1.807, 2.05) is 34.1 Å². The van der Waals surface area contributed by atoms with Gasteiger partial charge in [0.1, 0.15) is 5.82 Å². The first-order chi connectivity index (χ1) is 15.9. The number of carbonyl (C=O) groups is 2. The molecule has 3 aromatic rings. The number of nitrogens with zero attached hydrogens (tertiary/aromatic N) is 3. The molecule has 1 saturated heterocycles. The zero-order valence-corrected chi connectivity index (χ0v) is 19.1. The van der Waals surface area contributed by atoms with Gasteiger partial charge in [0.15, 0.2) is 0 Å². The molecule has 4 rings (SSSR count). The Kier molecular flexibility index (Phi) is 6.89. The minimum absolute atomic E-state index is 0.0140. The van der Waals surface area contributed by atoms with Gasteiger partial charge in [-0.15, -0.1) is 0 Å². The van der Waals surface area contributed by atoms with Crippen LogP contribution in [-0.4, -0.2) is 58.9 Å². The number of aryl methyl sites for hydroxylation is 2. The van der Waals surface area contributed by atoms with E-state index in [2.05, 4.69) is 35.9 Å². The van der Waals surface area contributed by atoms with Gasteiger partial charge in [0.25, 0.3) is 5.91 Å². The van der Waals surface area contributed by atoms with Gasteiger partial charge in [0.05, 0.1) is 6.54 Å². The summed E-state index contributed by atoms with van der Waals surface area (Å²) < 4.78 is 15.2. The predicted molar refractivity (Wildman–Crippen MR) is 127 cm³/mol. The topological polar surface area (TPSA) is 57.6 Å². The summed E-state index contributed by atoms with van der Waals surface area (Å²) in [4.78, 5) is 29.3. The minimum atomic E-state index is -0.338. The Morgan fingerprint density at radius 2 is 1.52 bits per heavy atom. The molecular weight excluding hydrogens is 419 g/mol. The molecule has 0 bridgehead atoms. The SMILES string of the molecule is Cc1ccc(C)n1-c1ccc(C(=O)N2CCCN(CC(=O)Nc3ccc(F)cc3)CC2)cc1. The summed E-state index contributed by atoms with van der Waals surface area (Å²) in [5.41, 5.74) is 4.59. The standard InChI is InChI=1S/C26H29FN4O2/c1-19-4-5-20(2)31(19)24-12-6-21(7-13-24)26(33)30-15-3-14-29(16-17-30)18-25(32)28-23-10-8-22(27)9-11-23/h4-13H,3,14-18H2,1-2H3,(H,28,32). The summed E-state index contributed by atoms with van der Waals surface area (Å²) in [6.07, 6.45) is 0.801. The zero-order chi connectivity index (χ0) is 23.4. The van der Waals surface area contributed by atoms with Crippen molar-refractivity contribution in [2.45, 2.75) is 20.3 Å².